The molecule has 1 aromatic rings. The maximum absolute atomic E-state index is 10.5. The van der Waals surface area contributed by atoms with Crippen LogP contribution in [0.4, 0.5) is 5.69 Å². The highest BCUT2D eigenvalue weighted by Crippen LogP contribution is 2.31. The number of carboxylic acid groups (broad SMARTS) is 1. The first-order chi connectivity index (χ1) is 9.20. The van der Waals surface area contributed by atoms with Crippen molar-refractivity contribution in [1.29, 1.82) is 0 Å². The van der Waals surface area contributed by atoms with E-state index in [1.807, 2.05) is 24.3 Å². The maximum Gasteiger partial charge on any atom is 0.328 e. The third kappa shape index (κ3) is 4.10. The molecule has 19 heavy (non-hydrogen) atoms. The standard InChI is InChI=1S/C15H19NO3/c1-19-11-10-16(14-7-8-14)13-5-2-12(3-6-13)4-9-15(17)18/h2-6,9,14H,7-8,10-11H2,1H3,(H,17,18)/b9-4+. The van der Waals surface area contributed by atoms with Gasteiger partial charge in [0, 0.05) is 31.5 Å². The number of hydrogen-bond acceptors (Lipinski definition) is 3. The molecule has 0 radical (unpaired) electrons. The zero-order chi connectivity index (χ0) is 13.7. The summed E-state index contributed by atoms with van der Waals surface area (Å²) < 4.78 is 5.14. The van der Waals surface area contributed by atoms with Crippen molar-refractivity contribution >= 4 is 17.7 Å². The lowest BCUT2D eigenvalue weighted by Gasteiger charge is -2.24. The minimum atomic E-state index is -0.927. The maximum atomic E-state index is 10.5. The molecular weight excluding hydrogens is 242 g/mol. The van der Waals surface area contributed by atoms with Gasteiger partial charge in [-0.25, -0.2) is 4.79 Å². The van der Waals surface area contributed by atoms with Crippen LogP contribution in [0.25, 0.3) is 6.08 Å². The Morgan fingerprint density at radius 2 is 2.11 bits per heavy atom. The number of rotatable bonds is 7. The summed E-state index contributed by atoms with van der Waals surface area (Å²) in [6.07, 6.45) is 5.23. The van der Waals surface area contributed by atoms with Crippen molar-refractivity contribution in [2.45, 2.75) is 18.9 Å². The van der Waals surface area contributed by atoms with Crippen LogP contribution in [0.1, 0.15) is 18.4 Å². The SMILES string of the molecule is COCCN(c1ccc(/C=C/C(=O)O)cc1)C1CC1. The van der Waals surface area contributed by atoms with E-state index in [-0.39, 0.29) is 0 Å². The summed E-state index contributed by atoms with van der Waals surface area (Å²) in [7, 11) is 1.71. The Balaban J connectivity index is 2.04. The van der Waals surface area contributed by atoms with Gasteiger partial charge in [-0.05, 0) is 36.6 Å². The lowest BCUT2D eigenvalue weighted by atomic mass is 10.2. The van der Waals surface area contributed by atoms with E-state index in [0.717, 1.165) is 24.8 Å². The van der Waals surface area contributed by atoms with Crippen LogP contribution in [-0.2, 0) is 9.53 Å². The van der Waals surface area contributed by atoms with E-state index in [1.54, 1.807) is 13.2 Å². The summed E-state index contributed by atoms with van der Waals surface area (Å²) in [5.74, 6) is -0.927. The molecule has 0 saturated heterocycles. The van der Waals surface area contributed by atoms with Gasteiger partial charge < -0.3 is 14.7 Å². The number of ether oxygens (including phenoxy) is 1. The average Bonchev–Trinajstić information content (AvgIpc) is 3.23. The lowest BCUT2D eigenvalue weighted by molar-refractivity contribution is -0.131. The van der Waals surface area contributed by atoms with Crippen LogP contribution in [0.3, 0.4) is 0 Å². The monoisotopic (exact) mass is 261 g/mol. The van der Waals surface area contributed by atoms with Crippen molar-refractivity contribution in [3.05, 3.63) is 35.9 Å². The summed E-state index contributed by atoms with van der Waals surface area (Å²) in [6.45, 7) is 1.61. The van der Waals surface area contributed by atoms with E-state index in [9.17, 15) is 4.79 Å². The van der Waals surface area contributed by atoms with Gasteiger partial charge in [0.05, 0.1) is 6.61 Å². The molecule has 0 aliphatic heterocycles. The topological polar surface area (TPSA) is 49.8 Å². The van der Waals surface area contributed by atoms with Crippen LogP contribution in [-0.4, -0.2) is 37.4 Å². The first-order valence-electron chi connectivity index (χ1n) is 6.47. The van der Waals surface area contributed by atoms with Crippen LogP contribution in [0.2, 0.25) is 0 Å². The molecule has 0 unspecified atom stereocenters. The van der Waals surface area contributed by atoms with Crippen molar-refractivity contribution in [3.8, 4) is 0 Å². The molecule has 1 aliphatic rings. The number of carbonyl (C=O) groups is 1. The molecule has 1 aromatic carbocycles. The van der Waals surface area contributed by atoms with E-state index in [2.05, 4.69) is 4.90 Å². The van der Waals surface area contributed by atoms with Crippen LogP contribution in [0, 0.1) is 0 Å². The quantitative estimate of drug-likeness (QED) is 0.766. The smallest absolute Gasteiger partial charge is 0.328 e. The Kier molecular flexibility index (Phi) is 4.58. The van der Waals surface area contributed by atoms with Gasteiger partial charge in [-0.2, -0.15) is 0 Å². The highest BCUT2D eigenvalue weighted by molar-refractivity contribution is 5.85. The second-order valence-corrected chi connectivity index (χ2v) is 4.68. The molecule has 4 heteroatoms. The van der Waals surface area contributed by atoms with Gasteiger partial charge in [0.1, 0.15) is 0 Å². The Bertz CT molecular complexity index is 449. The fourth-order valence-electron chi connectivity index (χ4n) is 2.04. The number of benzene rings is 1. The molecule has 1 fully saturated rings. The van der Waals surface area contributed by atoms with Gasteiger partial charge in [0.2, 0.25) is 0 Å². The summed E-state index contributed by atoms with van der Waals surface area (Å²) in [5.41, 5.74) is 2.07. The fourth-order valence-corrected chi connectivity index (χ4v) is 2.04. The largest absolute Gasteiger partial charge is 0.478 e. The number of hydrogen-bond donors (Lipinski definition) is 1. The molecule has 2 rings (SSSR count). The van der Waals surface area contributed by atoms with E-state index in [0.29, 0.717) is 6.04 Å². The summed E-state index contributed by atoms with van der Waals surface area (Å²) in [5, 5.41) is 8.59. The Hall–Kier alpha value is -1.81. The molecule has 1 aliphatic carbocycles. The van der Waals surface area contributed by atoms with Crippen LogP contribution in [0.15, 0.2) is 30.3 Å². The van der Waals surface area contributed by atoms with Crippen LogP contribution in [0.5, 0.6) is 0 Å². The highest BCUT2D eigenvalue weighted by Gasteiger charge is 2.28. The third-order valence-electron chi connectivity index (χ3n) is 3.17. The number of carboxylic acids is 1. The molecule has 0 aromatic heterocycles. The van der Waals surface area contributed by atoms with Gasteiger partial charge in [-0.3, -0.25) is 0 Å². The first kappa shape index (κ1) is 13.6. The van der Waals surface area contributed by atoms with Gasteiger partial charge >= 0.3 is 5.97 Å². The number of aliphatic carboxylic acids is 1. The second kappa shape index (κ2) is 6.38. The van der Waals surface area contributed by atoms with Gasteiger partial charge in [0.25, 0.3) is 0 Å². The molecular formula is C15H19NO3. The van der Waals surface area contributed by atoms with E-state index in [4.69, 9.17) is 9.84 Å². The van der Waals surface area contributed by atoms with Crippen molar-refractivity contribution in [2.24, 2.45) is 0 Å². The Morgan fingerprint density at radius 3 is 2.63 bits per heavy atom. The minimum absolute atomic E-state index is 0.635. The molecule has 0 spiro atoms. The van der Waals surface area contributed by atoms with E-state index in [1.165, 1.54) is 18.5 Å². The highest BCUT2D eigenvalue weighted by atomic mass is 16.5. The van der Waals surface area contributed by atoms with Gasteiger partial charge in [-0.1, -0.05) is 12.1 Å². The predicted molar refractivity (Wildman–Crippen MR) is 75.4 cm³/mol. The third-order valence-corrected chi connectivity index (χ3v) is 3.17. The zero-order valence-electron chi connectivity index (χ0n) is 11.1. The molecule has 0 bridgehead atoms. The van der Waals surface area contributed by atoms with E-state index < -0.39 is 5.97 Å². The fraction of sp³-hybridized carbons (Fsp3) is 0.400. The molecule has 0 amide bonds. The number of nitrogens with zero attached hydrogens (tertiary/aromatic N) is 1. The van der Waals surface area contributed by atoms with Crippen molar-refractivity contribution in [2.75, 3.05) is 25.2 Å². The summed E-state index contributed by atoms with van der Waals surface area (Å²) >= 11 is 0. The summed E-state index contributed by atoms with van der Waals surface area (Å²) in [6, 6.07) is 8.59. The average molecular weight is 261 g/mol. The van der Waals surface area contributed by atoms with Crippen LogP contribution >= 0.6 is 0 Å². The van der Waals surface area contributed by atoms with E-state index >= 15 is 0 Å². The number of methoxy groups -OCH3 is 1. The van der Waals surface area contributed by atoms with Crippen molar-refractivity contribution in [3.63, 3.8) is 0 Å². The second-order valence-electron chi connectivity index (χ2n) is 4.68. The molecule has 0 heterocycles. The van der Waals surface area contributed by atoms with Crippen molar-refractivity contribution in [1.82, 2.24) is 0 Å². The van der Waals surface area contributed by atoms with Crippen molar-refractivity contribution < 1.29 is 14.6 Å². The predicted octanol–water partition coefficient (Wildman–Crippen LogP) is 2.40. The molecule has 4 nitrogen and oxygen atoms in total. The van der Waals surface area contributed by atoms with Crippen LogP contribution < -0.4 is 4.90 Å². The zero-order valence-corrected chi connectivity index (χ0v) is 11.1. The Morgan fingerprint density at radius 1 is 1.42 bits per heavy atom. The molecule has 0 atom stereocenters. The summed E-state index contributed by atoms with van der Waals surface area (Å²) in [4.78, 5) is 12.8. The molecule has 1 N–H and O–H groups in total. The number of anilines is 1. The lowest BCUT2D eigenvalue weighted by Crippen LogP contribution is -2.29. The molecule has 102 valence electrons. The minimum Gasteiger partial charge on any atom is -0.478 e. The molecule has 1 saturated carbocycles. The van der Waals surface area contributed by atoms with Gasteiger partial charge in [-0.15, -0.1) is 0 Å². The normalized spacial score (nSPS) is 14.8. The first-order valence-corrected chi connectivity index (χ1v) is 6.47. The Labute approximate surface area is 113 Å². The van der Waals surface area contributed by atoms with Gasteiger partial charge in [0.15, 0.2) is 0 Å².